The van der Waals surface area contributed by atoms with Crippen LogP contribution in [0.25, 0.3) is 10.8 Å². The molecule has 2 heterocycles. The predicted octanol–water partition coefficient (Wildman–Crippen LogP) is 5.24. The van der Waals surface area contributed by atoms with Gasteiger partial charge in [0, 0.05) is 31.2 Å². The average Bonchev–Trinajstić information content (AvgIpc) is 3.03. The van der Waals surface area contributed by atoms with Gasteiger partial charge in [0.25, 0.3) is 0 Å². The van der Waals surface area contributed by atoms with Crippen molar-refractivity contribution in [1.82, 2.24) is 4.98 Å². The molecule has 1 aliphatic carbocycles. The van der Waals surface area contributed by atoms with E-state index in [9.17, 15) is 4.79 Å². The fourth-order valence-electron chi connectivity index (χ4n) is 5.10. The molecule has 1 aromatic heterocycles. The molecule has 5 rings (SSSR count). The van der Waals surface area contributed by atoms with Gasteiger partial charge in [-0.15, -0.1) is 0 Å². The molecule has 0 saturated carbocycles. The van der Waals surface area contributed by atoms with E-state index in [0.717, 1.165) is 66.2 Å². The van der Waals surface area contributed by atoms with Crippen molar-refractivity contribution >= 4 is 16.6 Å². The molecule has 2 aromatic carbocycles. The highest BCUT2D eigenvalue weighted by Gasteiger charge is 2.46. The van der Waals surface area contributed by atoms with E-state index in [4.69, 9.17) is 9.47 Å². The number of aromatic nitrogens is 1. The monoisotopic (exact) mass is 401 g/mol. The third-order valence-corrected chi connectivity index (χ3v) is 6.54. The first-order valence-corrected chi connectivity index (χ1v) is 11.0. The number of carbonyl (C=O) groups excluding carboxylic acids is 1. The highest BCUT2D eigenvalue weighted by atomic mass is 16.7. The van der Waals surface area contributed by atoms with E-state index < -0.39 is 5.41 Å². The highest BCUT2D eigenvalue weighted by Crippen LogP contribution is 2.47. The second-order valence-corrected chi connectivity index (χ2v) is 8.42. The summed E-state index contributed by atoms with van der Waals surface area (Å²) in [6.07, 6.45) is 9.02. The summed E-state index contributed by atoms with van der Waals surface area (Å²) in [4.78, 5) is 18.0. The number of ketones is 1. The van der Waals surface area contributed by atoms with Gasteiger partial charge in [-0.2, -0.15) is 0 Å². The second-order valence-electron chi connectivity index (χ2n) is 8.42. The number of ether oxygens (including phenoxy) is 2. The summed E-state index contributed by atoms with van der Waals surface area (Å²) in [5, 5.41) is 2.26. The number of pyridine rings is 1. The van der Waals surface area contributed by atoms with Gasteiger partial charge in [0.2, 0.25) is 0 Å². The fourth-order valence-corrected chi connectivity index (χ4v) is 5.10. The SMILES string of the molecule is O=C1c2cccc3cccc(c23)C1(CCCOC1CCCCO1)Cc1ccncc1. The minimum atomic E-state index is -0.554. The lowest BCUT2D eigenvalue weighted by atomic mass is 9.72. The van der Waals surface area contributed by atoms with Gasteiger partial charge < -0.3 is 9.47 Å². The molecule has 2 aliphatic rings. The van der Waals surface area contributed by atoms with Crippen molar-refractivity contribution < 1.29 is 14.3 Å². The van der Waals surface area contributed by atoms with Crippen LogP contribution in [0.1, 0.15) is 53.6 Å². The molecule has 154 valence electrons. The van der Waals surface area contributed by atoms with Crippen molar-refractivity contribution in [3.63, 3.8) is 0 Å². The van der Waals surface area contributed by atoms with Crippen LogP contribution >= 0.6 is 0 Å². The van der Waals surface area contributed by atoms with Crippen molar-refractivity contribution in [2.24, 2.45) is 0 Å². The van der Waals surface area contributed by atoms with Crippen LogP contribution in [0.2, 0.25) is 0 Å². The van der Waals surface area contributed by atoms with Crippen LogP contribution < -0.4 is 0 Å². The number of hydrogen-bond donors (Lipinski definition) is 0. The molecule has 0 bridgehead atoms. The largest absolute Gasteiger partial charge is 0.353 e. The maximum absolute atomic E-state index is 13.8. The van der Waals surface area contributed by atoms with Crippen LogP contribution in [0.15, 0.2) is 60.9 Å². The van der Waals surface area contributed by atoms with Gasteiger partial charge in [-0.05, 0) is 72.6 Å². The number of nitrogens with zero attached hydrogens (tertiary/aromatic N) is 1. The zero-order valence-corrected chi connectivity index (χ0v) is 17.2. The van der Waals surface area contributed by atoms with Crippen LogP contribution in [0, 0.1) is 0 Å². The third-order valence-electron chi connectivity index (χ3n) is 6.54. The smallest absolute Gasteiger partial charge is 0.174 e. The number of hydrogen-bond acceptors (Lipinski definition) is 4. The topological polar surface area (TPSA) is 48.4 Å². The molecule has 1 aliphatic heterocycles. The molecular formula is C26H27NO3. The first kappa shape index (κ1) is 19.4. The van der Waals surface area contributed by atoms with E-state index >= 15 is 0 Å². The Labute approximate surface area is 177 Å². The summed E-state index contributed by atoms with van der Waals surface area (Å²) in [7, 11) is 0. The Morgan fingerprint density at radius 3 is 2.70 bits per heavy atom. The molecular weight excluding hydrogens is 374 g/mol. The van der Waals surface area contributed by atoms with Crippen molar-refractivity contribution in [3.05, 3.63) is 77.6 Å². The molecule has 0 radical (unpaired) electrons. The molecule has 2 atom stereocenters. The minimum Gasteiger partial charge on any atom is -0.353 e. The van der Waals surface area contributed by atoms with Gasteiger partial charge in [0.15, 0.2) is 12.1 Å². The summed E-state index contributed by atoms with van der Waals surface area (Å²) in [6.45, 7) is 1.40. The zero-order valence-electron chi connectivity index (χ0n) is 17.2. The number of rotatable bonds is 7. The van der Waals surface area contributed by atoms with Gasteiger partial charge in [0.1, 0.15) is 0 Å². The lowest BCUT2D eigenvalue weighted by molar-refractivity contribution is -0.163. The molecule has 1 fully saturated rings. The molecule has 0 amide bonds. The Morgan fingerprint density at radius 1 is 1.07 bits per heavy atom. The molecule has 1 saturated heterocycles. The number of benzene rings is 2. The standard InChI is InChI=1S/C26H27NO3/c28-25-21-8-3-6-20-7-4-9-22(24(20)21)26(25,18-19-11-14-27-15-12-19)13-5-17-30-23-10-1-2-16-29-23/h3-4,6-9,11-12,14-15,23H,1-2,5,10,13,16-18H2. The molecule has 0 spiro atoms. The molecule has 30 heavy (non-hydrogen) atoms. The Balaban J connectivity index is 1.44. The Kier molecular flexibility index (Phi) is 5.36. The van der Waals surface area contributed by atoms with E-state index in [0.29, 0.717) is 13.0 Å². The second kappa shape index (κ2) is 8.29. The first-order chi connectivity index (χ1) is 14.8. The molecule has 0 N–H and O–H groups in total. The molecule has 4 nitrogen and oxygen atoms in total. The van der Waals surface area contributed by atoms with Crippen molar-refractivity contribution in [3.8, 4) is 0 Å². The maximum atomic E-state index is 13.8. The lowest BCUT2D eigenvalue weighted by Gasteiger charge is -2.30. The van der Waals surface area contributed by atoms with Crippen LogP contribution in [-0.2, 0) is 21.3 Å². The van der Waals surface area contributed by atoms with Crippen LogP contribution in [0.5, 0.6) is 0 Å². The number of carbonyl (C=O) groups is 1. The zero-order chi connectivity index (χ0) is 20.4. The van der Waals surface area contributed by atoms with Crippen molar-refractivity contribution in [1.29, 1.82) is 0 Å². The molecule has 4 heteroatoms. The van der Waals surface area contributed by atoms with Gasteiger partial charge in [-0.3, -0.25) is 9.78 Å². The lowest BCUT2D eigenvalue weighted by Crippen LogP contribution is -2.35. The Morgan fingerprint density at radius 2 is 1.90 bits per heavy atom. The number of Topliss-reactive ketones (excluding diaryl/α,β-unsaturated/α-hetero) is 1. The van der Waals surface area contributed by atoms with E-state index in [1.165, 1.54) is 0 Å². The Hall–Kier alpha value is -2.56. The van der Waals surface area contributed by atoms with E-state index in [2.05, 4.69) is 29.2 Å². The highest BCUT2D eigenvalue weighted by molar-refractivity contribution is 6.20. The summed E-state index contributed by atoms with van der Waals surface area (Å²) in [6, 6.07) is 16.4. The summed E-state index contributed by atoms with van der Waals surface area (Å²) < 4.78 is 11.7. The fraction of sp³-hybridized carbons (Fsp3) is 0.385. The summed E-state index contributed by atoms with van der Waals surface area (Å²) in [5.41, 5.74) is 2.60. The van der Waals surface area contributed by atoms with E-state index in [1.807, 2.05) is 24.3 Å². The maximum Gasteiger partial charge on any atom is 0.174 e. The summed E-state index contributed by atoms with van der Waals surface area (Å²) in [5.74, 6) is 0.236. The van der Waals surface area contributed by atoms with Crippen molar-refractivity contribution in [2.75, 3.05) is 13.2 Å². The predicted molar refractivity (Wildman–Crippen MR) is 117 cm³/mol. The molecule has 2 unspecified atom stereocenters. The third kappa shape index (κ3) is 3.44. The Bertz CT molecular complexity index is 1040. The van der Waals surface area contributed by atoms with Gasteiger partial charge >= 0.3 is 0 Å². The van der Waals surface area contributed by atoms with E-state index in [1.54, 1.807) is 12.4 Å². The normalized spacial score (nSPS) is 23.2. The van der Waals surface area contributed by atoms with Gasteiger partial charge in [-0.1, -0.05) is 36.4 Å². The quantitative estimate of drug-likeness (QED) is 0.508. The summed E-state index contributed by atoms with van der Waals surface area (Å²) >= 11 is 0. The molecule has 3 aromatic rings. The van der Waals surface area contributed by atoms with Crippen molar-refractivity contribution in [2.45, 2.75) is 50.2 Å². The van der Waals surface area contributed by atoms with Crippen LogP contribution in [0.3, 0.4) is 0 Å². The van der Waals surface area contributed by atoms with Crippen LogP contribution in [-0.4, -0.2) is 30.3 Å². The van der Waals surface area contributed by atoms with Crippen LogP contribution in [0.4, 0.5) is 0 Å². The first-order valence-electron chi connectivity index (χ1n) is 11.0. The van der Waals surface area contributed by atoms with Gasteiger partial charge in [-0.25, -0.2) is 0 Å². The van der Waals surface area contributed by atoms with Gasteiger partial charge in [0.05, 0.1) is 5.41 Å². The van der Waals surface area contributed by atoms with E-state index in [-0.39, 0.29) is 12.1 Å². The minimum absolute atomic E-state index is 0.0881. The average molecular weight is 402 g/mol.